The summed E-state index contributed by atoms with van der Waals surface area (Å²) >= 11 is 0. The number of unbranched alkanes of at least 4 members (excludes halogenated alkanes) is 5. The SMILES string of the molecule is CC[C@H](C)CCCCCCCCC(=O)N(C)[C@H](CO)C(=O)N[C@H](C)C(=O)NCC(=O)N(C)[C@H]1C(=O)N[C@@H](C)C(=O)N[C@H](C(=O)O)Cc2cc(c([O-])c(N(O)O)c2)-c2cc1ccc2O. The highest BCUT2D eigenvalue weighted by molar-refractivity contribution is 5.96. The minimum Gasteiger partial charge on any atom is -0.871 e. The van der Waals surface area contributed by atoms with Crippen LogP contribution in [0, 0.1) is 5.92 Å². The lowest BCUT2D eigenvalue weighted by Crippen LogP contribution is -2.55. The average Bonchev–Trinajstić information content (AvgIpc) is 3.23. The number of benzene rings is 2. The number of phenolic OH excluding ortho intramolecular Hbond substituents is 1. The summed E-state index contributed by atoms with van der Waals surface area (Å²) in [6, 6.07) is -1.42. The van der Waals surface area contributed by atoms with Crippen molar-refractivity contribution in [3.8, 4) is 22.6 Å². The number of aliphatic hydroxyl groups is 1. The molecule has 2 aromatic rings. The van der Waals surface area contributed by atoms with Crippen LogP contribution in [0.2, 0.25) is 0 Å². The Hall–Kier alpha value is -5.99. The van der Waals surface area contributed by atoms with Crippen molar-refractivity contribution in [2.45, 2.75) is 122 Å². The molecule has 63 heavy (non-hydrogen) atoms. The maximum Gasteiger partial charge on any atom is 0.326 e. The fourth-order valence-corrected chi connectivity index (χ4v) is 7.09. The number of nitrogens with zero attached hydrogens (tertiary/aromatic N) is 3. The molecule has 1 aliphatic heterocycles. The van der Waals surface area contributed by atoms with Gasteiger partial charge < -0.3 is 51.5 Å². The topological polar surface area (TPSA) is 302 Å². The first kappa shape index (κ1) is 51.4. The van der Waals surface area contributed by atoms with Gasteiger partial charge in [0.05, 0.1) is 18.8 Å². The number of aliphatic carboxylic acids is 1. The van der Waals surface area contributed by atoms with E-state index in [9.17, 15) is 64.4 Å². The fraction of sp³-hybridized carbons (Fsp3) is 0.558. The third-order valence-corrected chi connectivity index (χ3v) is 11.3. The summed E-state index contributed by atoms with van der Waals surface area (Å²) in [5.41, 5.74) is -1.27. The fourth-order valence-electron chi connectivity index (χ4n) is 7.09. The van der Waals surface area contributed by atoms with Gasteiger partial charge in [-0.1, -0.05) is 76.7 Å². The largest absolute Gasteiger partial charge is 0.871 e. The number of phenols is 1. The van der Waals surface area contributed by atoms with E-state index in [-0.39, 0.29) is 34.6 Å². The van der Waals surface area contributed by atoms with E-state index < -0.39 is 108 Å². The van der Waals surface area contributed by atoms with Crippen molar-refractivity contribution in [1.29, 1.82) is 0 Å². The Bertz CT molecular complexity index is 1960. The molecule has 20 heteroatoms. The number of hydrogen-bond donors (Lipinski definition) is 9. The van der Waals surface area contributed by atoms with Crippen molar-refractivity contribution < 1.29 is 64.4 Å². The van der Waals surface area contributed by atoms with Gasteiger partial charge in [-0.3, -0.25) is 39.2 Å². The highest BCUT2D eigenvalue weighted by Crippen LogP contribution is 2.42. The van der Waals surface area contributed by atoms with Crippen LogP contribution < -0.4 is 31.6 Å². The van der Waals surface area contributed by atoms with Gasteiger partial charge in [-0.25, -0.2) is 4.79 Å². The van der Waals surface area contributed by atoms with Crippen molar-refractivity contribution in [2.75, 3.05) is 32.5 Å². The highest BCUT2D eigenvalue weighted by atomic mass is 16.8. The van der Waals surface area contributed by atoms with E-state index in [0.717, 1.165) is 53.5 Å². The van der Waals surface area contributed by atoms with Gasteiger partial charge in [0, 0.05) is 32.5 Å². The number of fused-ring (bicyclic) bond motifs is 5. The van der Waals surface area contributed by atoms with Gasteiger partial charge in [0.2, 0.25) is 35.4 Å². The molecule has 1 aliphatic rings. The number of amides is 6. The number of carbonyl (C=O) groups is 7. The molecule has 1 heterocycles. The Morgan fingerprint density at radius 1 is 0.889 bits per heavy atom. The third-order valence-electron chi connectivity index (χ3n) is 11.3. The van der Waals surface area contributed by atoms with Crippen LogP contribution in [0.3, 0.4) is 0 Å². The third kappa shape index (κ3) is 14.3. The van der Waals surface area contributed by atoms with Gasteiger partial charge in [0.25, 0.3) is 0 Å². The monoisotopic (exact) mass is 884 g/mol. The number of hydrogen-bond acceptors (Lipinski definition) is 13. The minimum absolute atomic E-state index is 0.00592. The maximum absolute atomic E-state index is 13.9. The summed E-state index contributed by atoms with van der Waals surface area (Å²) in [5, 5.41) is 72.9. The molecule has 0 saturated carbocycles. The van der Waals surface area contributed by atoms with E-state index in [2.05, 4.69) is 35.1 Å². The molecule has 2 aromatic carbocycles. The lowest BCUT2D eigenvalue weighted by molar-refractivity contribution is -0.267. The Morgan fingerprint density at radius 3 is 2.16 bits per heavy atom. The van der Waals surface area contributed by atoms with Crippen LogP contribution in [0.15, 0.2) is 30.3 Å². The smallest absolute Gasteiger partial charge is 0.326 e. The summed E-state index contributed by atoms with van der Waals surface area (Å²) in [7, 11) is 2.59. The molecule has 0 radical (unpaired) electrons. The Balaban J connectivity index is 1.75. The van der Waals surface area contributed by atoms with Gasteiger partial charge in [0.15, 0.2) is 0 Å². The number of carboxylic acids is 1. The first-order valence-corrected chi connectivity index (χ1v) is 21.1. The molecule has 0 saturated heterocycles. The lowest BCUT2D eigenvalue weighted by atomic mass is 9.93. The number of likely N-dealkylation sites (N-methyl/N-ethyl adjacent to an activating group) is 2. The van der Waals surface area contributed by atoms with Gasteiger partial charge in [-0.05, 0) is 61.1 Å². The molecule has 4 bridgehead atoms. The average molecular weight is 885 g/mol. The molecule has 9 N–H and O–H groups in total. The van der Waals surface area contributed by atoms with Gasteiger partial charge >= 0.3 is 5.97 Å². The molecular weight excluding hydrogens is 823 g/mol. The van der Waals surface area contributed by atoms with Crippen LogP contribution in [0.5, 0.6) is 11.5 Å². The van der Waals surface area contributed by atoms with Crippen LogP contribution in [-0.2, 0) is 40.0 Å². The van der Waals surface area contributed by atoms with Gasteiger partial charge in [0.1, 0.15) is 36.0 Å². The number of aromatic hydroxyl groups is 1. The van der Waals surface area contributed by atoms with Crippen molar-refractivity contribution in [2.24, 2.45) is 5.92 Å². The predicted molar refractivity (Wildman–Crippen MR) is 226 cm³/mol. The molecule has 0 aromatic heterocycles. The molecule has 6 atom stereocenters. The molecule has 0 spiro atoms. The highest BCUT2D eigenvalue weighted by Gasteiger charge is 2.34. The van der Waals surface area contributed by atoms with Gasteiger partial charge in [-0.2, -0.15) is 0 Å². The minimum atomic E-state index is -1.63. The Kier molecular flexibility index (Phi) is 19.6. The maximum atomic E-state index is 13.9. The molecule has 0 fully saturated rings. The number of carbonyl (C=O) groups excluding carboxylic acids is 6. The van der Waals surface area contributed by atoms with Crippen molar-refractivity contribution in [1.82, 2.24) is 31.1 Å². The summed E-state index contributed by atoms with van der Waals surface area (Å²) in [5.74, 6) is -7.05. The molecule has 3 rings (SSSR count). The summed E-state index contributed by atoms with van der Waals surface area (Å²) < 4.78 is 0. The van der Waals surface area contributed by atoms with E-state index in [1.807, 2.05) is 0 Å². The quantitative estimate of drug-likeness (QED) is 0.0672. The van der Waals surface area contributed by atoms with Crippen LogP contribution in [-0.4, -0.2) is 128 Å². The molecule has 20 nitrogen and oxygen atoms in total. The molecule has 0 aliphatic carbocycles. The van der Waals surface area contributed by atoms with Crippen LogP contribution in [0.4, 0.5) is 5.69 Å². The second-order valence-electron chi connectivity index (χ2n) is 16.1. The van der Waals surface area contributed by atoms with E-state index in [0.29, 0.717) is 6.42 Å². The summed E-state index contributed by atoms with van der Waals surface area (Å²) in [6.07, 6.45) is 7.96. The normalized spacial score (nSPS) is 17.8. The lowest BCUT2D eigenvalue weighted by Gasteiger charge is -2.31. The van der Waals surface area contributed by atoms with Crippen LogP contribution >= 0.6 is 0 Å². The number of nitrogens with one attached hydrogen (secondary N) is 4. The standard InChI is InChI=1S/C43H63N7O13/c1-7-24(2)14-12-10-8-9-11-13-15-35(53)48(5)33(23-51)41(58)45-25(3)39(56)44-22-36(54)49(6)37-28-16-17-34(52)29(21-28)30-18-27(20-32(38(30)55)50(62)63)19-31(43(60)61)47-40(57)26(4)46-42(37)59/h16-18,20-21,24-26,31,33,37,51-52,55,62-63H,7-15,19,22-23H2,1-6H3,(H,44,56)(H,45,58)(H,46,59)(H,47,57)(H,60,61)/p-1/t24-,25+,26-,31-,33+,37+/m0/s1. The second kappa shape index (κ2) is 24.0. The van der Waals surface area contributed by atoms with Crippen molar-refractivity contribution in [3.05, 3.63) is 41.5 Å². The zero-order chi connectivity index (χ0) is 47.1. The van der Waals surface area contributed by atoms with E-state index in [1.165, 1.54) is 65.4 Å². The first-order chi connectivity index (χ1) is 29.7. The number of anilines is 1. The zero-order valence-electron chi connectivity index (χ0n) is 36.7. The summed E-state index contributed by atoms with van der Waals surface area (Å²) in [6.45, 7) is 5.58. The predicted octanol–water partition coefficient (Wildman–Crippen LogP) is 1.45. The van der Waals surface area contributed by atoms with E-state index in [4.69, 9.17) is 0 Å². The number of carboxylic acid groups (broad SMARTS) is 1. The molecule has 6 amide bonds. The molecule has 348 valence electrons. The van der Waals surface area contributed by atoms with Gasteiger partial charge in [-0.15, -0.1) is 5.23 Å². The summed E-state index contributed by atoms with van der Waals surface area (Å²) in [4.78, 5) is 94.0. The van der Waals surface area contributed by atoms with Crippen molar-refractivity contribution in [3.63, 3.8) is 0 Å². The van der Waals surface area contributed by atoms with Crippen LogP contribution in [0.1, 0.15) is 103 Å². The van der Waals surface area contributed by atoms with E-state index >= 15 is 0 Å². The first-order valence-electron chi connectivity index (χ1n) is 21.1. The number of aliphatic hydroxyl groups excluding tert-OH is 1. The molecule has 0 unspecified atom stereocenters. The van der Waals surface area contributed by atoms with Crippen molar-refractivity contribution >= 4 is 47.1 Å². The second-order valence-corrected chi connectivity index (χ2v) is 16.1. The zero-order valence-corrected chi connectivity index (χ0v) is 36.7. The Morgan fingerprint density at radius 2 is 1.54 bits per heavy atom. The van der Waals surface area contributed by atoms with E-state index in [1.54, 1.807) is 0 Å². The van der Waals surface area contributed by atoms with Crippen LogP contribution in [0.25, 0.3) is 11.1 Å². The Labute approximate surface area is 366 Å². The number of rotatable bonds is 20. The molecular formula is C43H62N7O13-.